The number of guanidine groups is 1. The minimum absolute atomic E-state index is 0.0114. The van der Waals surface area contributed by atoms with Crippen molar-refractivity contribution in [2.24, 2.45) is 34.0 Å². The average Bonchev–Trinajstić information content (AvgIpc) is 4.29. The van der Waals surface area contributed by atoms with Gasteiger partial charge < -0.3 is 74.4 Å². The Morgan fingerprint density at radius 3 is 1.72 bits per heavy atom. The molecular formula is C58H89N13O12S2. The number of aromatic hydroxyl groups is 1. The molecule has 0 saturated carbocycles. The standard InChI is InChI=1S/C58H89N13O12S2/c1-6-8-17-39(64-49(74)40(18-12-25-62-58(60)61)63-48(73)38(59)31-84)50(75)65-42(29-36-21-23-37(72)24-22-36)52(77)67-43(30-35-15-10-9-11-16-35)55(80)71-27-14-20-46(71)56(81)70-26-13-19-45(70)53(78)69-47(34(5)7-2)54(79)66-41(28-33(3)4)51(76)68-44(32-85)57(82)83/h9-11,15-16,21-24,33-34,38-47,72,84-85H,6-8,12-14,17-20,25-32,59H2,1-5H3,(H,63,73)(H,64,74)(H,65,75)(H,66,79)(H,67,77)(H,68,76)(H,69,78)(H,82,83)(H4,60,61,62)/t34-,38-,39-,40-,41-,42-,43-,44-,45-,46-,47-/m0/s1. The van der Waals surface area contributed by atoms with E-state index in [-0.39, 0.29) is 100 Å². The number of carboxylic acid groups (broad SMARTS) is 1. The summed E-state index contributed by atoms with van der Waals surface area (Å²) < 4.78 is 0. The molecule has 2 heterocycles. The summed E-state index contributed by atoms with van der Waals surface area (Å²) in [6.07, 6.45) is 3.32. The third-order valence-corrected chi connectivity index (χ3v) is 15.8. The first-order chi connectivity index (χ1) is 40.4. The molecule has 15 N–H and O–H groups in total. The van der Waals surface area contributed by atoms with E-state index in [1.807, 2.05) is 27.7 Å². The number of likely N-dealkylation sites (tertiary alicyclic amines) is 2. The van der Waals surface area contributed by atoms with Gasteiger partial charge in [-0.05, 0) is 86.5 Å². The van der Waals surface area contributed by atoms with E-state index in [9.17, 15) is 53.4 Å². The number of hydrogen-bond donors (Lipinski definition) is 14. The van der Waals surface area contributed by atoms with Gasteiger partial charge in [0.2, 0.25) is 53.2 Å². The van der Waals surface area contributed by atoms with Gasteiger partial charge in [-0.1, -0.05) is 96.3 Å². The van der Waals surface area contributed by atoms with Crippen molar-refractivity contribution < 1.29 is 58.2 Å². The lowest BCUT2D eigenvalue weighted by atomic mass is 9.96. The number of phenols is 1. The third kappa shape index (κ3) is 22.0. The largest absolute Gasteiger partial charge is 0.508 e. The predicted octanol–water partition coefficient (Wildman–Crippen LogP) is 0.161. The van der Waals surface area contributed by atoms with E-state index < -0.39 is 125 Å². The molecule has 0 unspecified atom stereocenters. The van der Waals surface area contributed by atoms with Crippen LogP contribution in [0.4, 0.5) is 0 Å². The zero-order valence-corrected chi connectivity index (χ0v) is 51.1. The molecule has 11 atom stereocenters. The van der Waals surface area contributed by atoms with Crippen molar-refractivity contribution in [3.8, 4) is 5.75 Å². The number of nitrogens with two attached hydrogens (primary N) is 3. The number of carboxylic acids is 1. The number of aliphatic carboxylic acids is 1. The van der Waals surface area contributed by atoms with Crippen LogP contribution in [-0.4, -0.2) is 177 Å². The molecule has 2 aromatic rings. The Kier molecular flexibility index (Phi) is 29.3. The first-order valence-electron chi connectivity index (χ1n) is 29.2. The number of rotatable bonds is 34. The quantitative estimate of drug-likeness (QED) is 0.0192. The van der Waals surface area contributed by atoms with E-state index in [2.05, 4.69) is 67.5 Å². The Morgan fingerprint density at radius 1 is 0.624 bits per heavy atom. The van der Waals surface area contributed by atoms with Crippen molar-refractivity contribution >= 4 is 90.4 Å². The molecular weight excluding hydrogens is 1130 g/mol. The molecule has 2 aliphatic rings. The molecule has 25 nitrogen and oxygen atoms in total. The lowest BCUT2D eigenvalue weighted by Gasteiger charge is -2.34. The van der Waals surface area contributed by atoms with E-state index in [1.54, 1.807) is 49.4 Å². The molecule has 2 fully saturated rings. The second-order valence-electron chi connectivity index (χ2n) is 22.2. The van der Waals surface area contributed by atoms with Gasteiger partial charge in [0.05, 0.1) is 6.04 Å². The van der Waals surface area contributed by atoms with Crippen molar-refractivity contribution in [1.29, 1.82) is 0 Å². The highest BCUT2D eigenvalue weighted by molar-refractivity contribution is 7.80. The first kappa shape index (κ1) is 70.4. The maximum atomic E-state index is 15.1. The molecule has 0 radical (unpaired) electrons. The molecule has 0 aromatic heterocycles. The van der Waals surface area contributed by atoms with Gasteiger partial charge in [-0.3, -0.25) is 48.1 Å². The molecule has 27 heteroatoms. The molecule has 0 spiro atoms. The van der Waals surface area contributed by atoms with Crippen LogP contribution in [0.3, 0.4) is 0 Å². The van der Waals surface area contributed by atoms with Crippen LogP contribution in [0.1, 0.15) is 116 Å². The summed E-state index contributed by atoms with van der Waals surface area (Å²) in [4.78, 5) is 147. The van der Waals surface area contributed by atoms with Crippen LogP contribution in [0.5, 0.6) is 5.75 Å². The molecule has 9 amide bonds. The van der Waals surface area contributed by atoms with Gasteiger partial charge in [0.1, 0.15) is 60.1 Å². The fourth-order valence-electron chi connectivity index (χ4n) is 10.1. The van der Waals surface area contributed by atoms with Crippen molar-refractivity contribution in [3.63, 3.8) is 0 Å². The third-order valence-electron chi connectivity index (χ3n) is 15.1. The van der Waals surface area contributed by atoms with Crippen LogP contribution in [-0.2, 0) is 60.8 Å². The van der Waals surface area contributed by atoms with Crippen LogP contribution in [0.15, 0.2) is 59.6 Å². The molecule has 2 aliphatic heterocycles. The SMILES string of the molecule is CCCC[C@H](NC(=O)[C@H](CCCN=C(N)N)NC(=O)[C@@H](N)CS)C(=O)N[C@@H](Cc1ccc(O)cc1)C(=O)N[C@@H](Cc1ccccc1)C(=O)N1CCC[C@H]1C(=O)N1CCC[C@H]1C(=O)N[C@H](C(=O)N[C@@H](CC(C)C)C(=O)N[C@@H](CS)C(=O)O)[C@@H](C)CC. The fourth-order valence-corrected chi connectivity index (χ4v) is 10.5. The number of aliphatic imine (C=N–C) groups is 1. The van der Waals surface area contributed by atoms with E-state index in [4.69, 9.17) is 17.2 Å². The lowest BCUT2D eigenvalue weighted by molar-refractivity contribution is -0.148. The lowest BCUT2D eigenvalue weighted by Crippen LogP contribution is -2.61. The highest BCUT2D eigenvalue weighted by Gasteiger charge is 2.45. The number of phenolic OH excluding ortho intramolecular Hbond substituents is 1. The average molecular weight is 1220 g/mol. The van der Waals surface area contributed by atoms with Crippen molar-refractivity contribution in [3.05, 3.63) is 65.7 Å². The second-order valence-corrected chi connectivity index (χ2v) is 22.9. The number of nitrogens with one attached hydrogen (secondary N) is 7. The highest BCUT2D eigenvalue weighted by atomic mass is 32.1. The number of nitrogens with zero attached hydrogens (tertiary/aromatic N) is 3. The Morgan fingerprint density at radius 2 is 1.14 bits per heavy atom. The Bertz CT molecular complexity index is 2610. The summed E-state index contributed by atoms with van der Waals surface area (Å²) >= 11 is 8.14. The molecule has 0 bridgehead atoms. The number of hydrogen-bond acceptors (Lipinski definition) is 15. The first-order valence-corrected chi connectivity index (χ1v) is 30.5. The number of benzene rings is 2. The van der Waals surface area contributed by atoms with Crippen LogP contribution in [0, 0.1) is 11.8 Å². The summed E-state index contributed by atoms with van der Waals surface area (Å²) in [5.74, 6) is -8.22. The van der Waals surface area contributed by atoms with Crippen LogP contribution < -0.4 is 54.4 Å². The summed E-state index contributed by atoms with van der Waals surface area (Å²) in [5.41, 5.74) is 18.1. The zero-order chi connectivity index (χ0) is 62.9. The van der Waals surface area contributed by atoms with E-state index in [1.165, 1.54) is 21.9 Å². The normalized spacial score (nSPS) is 18.0. The predicted molar refractivity (Wildman–Crippen MR) is 327 cm³/mol. The fraction of sp³-hybridized carbons (Fsp3) is 0.603. The number of unbranched alkanes of at least 4 members (excludes halogenated alkanes) is 1. The Labute approximate surface area is 508 Å². The topological polar surface area (TPSA) is 392 Å². The summed E-state index contributed by atoms with van der Waals surface area (Å²) in [7, 11) is 0. The van der Waals surface area contributed by atoms with Gasteiger partial charge >= 0.3 is 5.97 Å². The molecule has 470 valence electrons. The molecule has 0 aliphatic carbocycles. The zero-order valence-electron chi connectivity index (χ0n) is 49.3. The van der Waals surface area contributed by atoms with Crippen molar-refractivity contribution in [2.75, 3.05) is 31.1 Å². The van der Waals surface area contributed by atoms with Gasteiger partial charge in [0, 0.05) is 44.0 Å². The summed E-state index contributed by atoms with van der Waals surface area (Å²) in [5, 5.41) is 38.8. The minimum atomic E-state index is -1.38. The smallest absolute Gasteiger partial charge is 0.327 e. The summed E-state index contributed by atoms with van der Waals surface area (Å²) in [6.45, 7) is 9.59. The maximum Gasteiger partial charge on any atom is 0.327 e. The minimum Gasteiger partial charge on any atom is -0.508 e. The monoisotopic (exact) mass is 1220 g/mol. The van der Waals surface area contributed by atoms with Gasteiger partial charge in [-0.15, -0.1) is 0 Å². The van der Waals surface area contributed by atoms with Crippen molar-refractivity contribution in [2.45, 2.75) is 179 Å². The van der Waals surface area contributed by atoms with E-state index in [0.29, 0.717) is 43.2 Å². The Balaban J connectivity index is 1.62. The number of amides is 9. The molecule has 2 saturated heterocycles. The maximum absolute atomic E-state index is 15.1. The molecule has 4 rings (SSSR count). The van der Waals surface area contributed by atoms with Gasteiger partial charge in [0.15, 0.2) is 5.96 Å². The van der Waals surface area contributed by atoms with Gasteiger partial charge in [-0.2, -0.15) is 25.3 Å². The van der Waals surface area contributed by atoms with E-state index in [0.717, 1.165) is 0 Å². The Hall–Kier alpha value is -7.13. The molecule has 2 aromatic carbocycles. The number of carbonyl (C=O) groups is 10. The van der Waals surface area contributed by atoms with Crippen molar-refractivity contribution in [1.82, 2.24) is 47.0 Å². The summed E-state index contributed by atoms with van der Waals surface area (Å²) in [6, 6.07) is 3.06. The van der Waals surface area contributed by atoms with Gasteiger partial charge in [-0.25, -0.2) is 4.79 Å². The highest BCUT2D eigenvalue weighted by Crippen LogP contribution is 2.27. The number of carbonyl (C=O) groups excluding carboxylic acids is 9. The van der Waals surface area contributed by atoms with Crippen LogP contribution in [0.25, 0.3) is 0 Å². The van der Waals surface area contributed by atoms with Gasteiger partial charge in [0.25, 0.3) is 0 Å². The molecule has 85 heavy (non-hydrogen) atoms. The van der Waals surface area contributed by atoms with E-state index >= 15 is 4.79 Å². The second kappa shape index (κ2) is 35.4. The van der Waals surface area contributed by atoms with Crippen LogP contribution in [0.2, 0.25) is 0 Å². The number of thiol groups is 2. The van der Waals surface area contributed by atoms with Crippen LogP contribution >= 0.6 is 25.3 Å².